The second-order valence-corrected chi connectivity index (χ2v) is 13.1. The summed E-state index contributed by atoms with van der Waals surface area (Å²) in [5.41, 5.74) is 10.6. The summed E-state index contributed by atoms with van der Waals surface area (Å²) < 4.78 is 0. The number of likely N-dealkylation sites (tertiary alicyclic amines) is 2. The smallest absolute Gasteiger partial charge is 0.274 e. The normalized spacial score (nSPS) is 17.7. The van der Waals surface area contributed by atoms with Crippen LogP contribution in [0.4, 0.5) is 0 Å². The van der Waals surface area contributed by atoms with Crippen LogP contribution in [-0.4, -0.2) is 64.6 Å². The molecule has 2 aliphatic rings. The van der Waals surface area contributed by atoms with Gasteiger partial charge >= 0.3 is 0 Å². The Morgan fingerprint density at radius 1 is 0.851 bits per heavy atom. The van der Waals surface area contributed by atoms with Gasteiger partial charge in [0.25, 0.3) is 11.8 Å². The van der Waals surface area contributed by atoms with Crippen molar-refractivity contribution in [1.29, 1.82) is 0 Å². The molecule has 8 rings (SSSR count). The first-order valence-corrected chi connectivity index (χ1v) is 17.1. The summed E-state index contributed by atoms with van der Waals surface area (Å²) in [6.45, 7) is 5.32. The van der Waals surface area contributed by atoms with E-state index >= 15 is 0 Å². The molecular formula is C35H28N8O2S2. The van der Waals surface area contributed by atoms with E-state index in [1.54, 1.807) is 26.7 Å². The maximum absolute atomic E-state index is 13.1. The van der Waals surface area contributed by atoms with Crippen LogP contribution in [0.3, 0.4) is 0 Å². The predicted molar refractivity (Wildman–Crippen MR) is 181 cm³/mol. The molecule has 232 valence electrons. The lowest BCUT2D eigenvalue weighted by Crippen LogP contribution is -2.31. The van der Waals surface area contributed by atoms with Crippen molar-refractivity contribution in [2.75, 3.05) is 13.1 Å². The molecule has 0 unspecified atom stereocenters. The lowest BCUT2D eigenvalue weighted by molar-refractivity contribution is 0.0719. The van der Waals surface area contributed by atoms with Crippen molar-refractivity contribution in [3.05, 3.63) is 117 Å². The summed E-state index contributed by atoms with van der Waals surface area (Å²) in [7, 11) is 0. The minimum Gasteiger partial charge on any atom is -0.340 e. The van der Waals surface area contributed by atoms with Crippen LogP contribution >= 0.6 is 22.7 Å². The number of amides is 2. The Morgan fingerprint density at radius 3 is 2.32 bits per heavy atom. The molecule has 2 aliphatic heterocycles. The number of aromatic nitrogens is 6. The summed E-state index contributed by atoms with van der Waals surface area (Å²) in [6.07, 6.45) is 4.28. The van der Waals surface area contributed by atoms with E-state index in [-0.39, 0.29) is 23.9 Å². The number of rotatable bonds is 5. The zero-order valence-corrected chi connectivity index (χ0v) is 26.8. The lowest BCUT2D eigenvalue weighted by Gasteiger charge is -2.22. The molecule has 2 saturated heterocycles. The number of nitrogens with one attached hydrogen (secondary N) is 2. The average molecular weight is 657 g/mol. The number of carbonyl (C=O) groups excluding carboxylic acids is 2. The first-order valence-electron chi connectivity index (χ1n) is 15.2. The molecule has 2 amide bonds. The van der Waals surface area contributed by atoms with E-state index in [0.29, 0.717) is 30.9 Å². The maximum atomic E-state index is 13.1. The third-order valence-electron chi connectivity index (χ3n) is 8.60. The van der Waals surface area contributed by atoms with Gasteiger partial charge in [0, 0.05) is 35.0 Å². The monoisotopic (exact) mass is 656 g/mol. The fourth-order valence-corrected chi connectivity index (χ4v) is 7.33. The Balaban J connectivity index is 0.964. The molecule has 0 spiro atoms. The third kappa shape index (κ3) is 5.64. The quantitative estimate of drug-likeness (QED) is 0.164. The lowest BCUT2D eigenvalue weighted by atomic mass is 10.1. The molecule has 2 fully saturated rings. The number of nitrogens with zero attached hydrogens (tertiary/aromatic N) is 6. The van der Waals surface area contributed by atoms with Gasteiger partial charge in [-0.15, -0.1) is 22.7 Å². The largest absolute Gasteiger partial charge is 0.340 e. The van der Waals surface area contributed by atoms with Crippen LogP contribution in [-0.2, 0) is 0 Å². The Morgan fingerprint density at radius 2 is 1.57 bits per heavy atom. The number of imidazole rings is 2. The molecule has 2 atom stereocenters. The number of fused-ring (bicyclic) bond motifs is 1. The fraction of sp³-hybridized carbons (Fsp3) is 0.200. The molecular weight excluding hydrogens is 629 g/mol. The van der Waals surface area contributed by atoms with Gasteiger partial charge in [0.2, 0.25) is 0 Å². The number of hydrogen-bond acceptors (Lipinski definition) is 8. The number of carbonyl (C=O) groups is 2. The van der Waals surface area contributed by atoms with Gasteiger partial charge in [0.05, 0.1) is 46.0 Å². The van der Waals surface area contributed by atoms with Crippen molar-refractivity contribution < 1.29 is 9.59 Å². The molecule has 4 aromatic heterocycles. The Bertz CT molecular complexity index is 2170. The van der Waals surface area contributed by atoms with Crippen LogP contribution in [0.2, 0.25) is 0 Å². The molecule has 6 aromatic rings. The van der Waals surface area contributed by atoms with E-state index in [1.165, 1.54) is 22.7 Å². The molecule has 47 heavy (non-hydrogen) atoms. The van der Waals surface area contributed by atoms with Gasteiger partial charge in [-0.25, -0.2) is 19.9 Å². The molecule has 0 bridgehead atoms. The van der Waals surface area contributed by atoms with Crippen molar-refractivity contribution in [2.45, 2.75) is 31.3 Å². The molecule has 2 N–H and O–H groups in total. The average Bonchev–Trinajstić information content (AvgIpc) is 3.94. The zero-order valence-electron chi connectivity index (χ0n) is 25.1. The molecule has 6 heterocycles. The van der Waals surface area contributed by atoms with E-state index < -0.39 is 0 Å². The highest BCUT2D eigenvalue weighted by Gasteiger charge is 2.36. The molecule has 0 aliphatic carbocycles. The summed E-state index contributed by atoms with van der Waals surface area (Å²) in [4.78, 5) is 54.4. The SMILES string of the molecule is C=C1C[C@@H](c2nc3ccc(C#Cc4ccc(-c5cnc([C@@H]6CCCN6C(=O)c6cscn6)[nH]5)cc4)cc3[nH]2)N(C(=O)c2cscn2)C1. The number of aromatic amines is 2. The van der Waals surface area contributed by atoms with Crippen LogP contribution < -0.4 is 0 Å². The molecule has 0 saturated carbocycles. The maximum Gasteiger partial charge on any atom is 0.274 e. The Labute approximate surface area is 278 Å². The van der Waals surface area contributed by atoms with E-state index in [9.17, 15) is 9.59 Å². The van der Waals surface area contributed by atoms with Gasteiger partial charge < -0.3 is 19.8 Å². The number of hydrogen-bond donors (Lipinski definition) is 2. The highest BCUT2D eigenvalue weighted by atomic mass is 32.1. The van der Waals surface area contributed by atoms with Crippen molar-refractivity contribution in [3.63, 3.8) is 0 Å². The van der Waals surface area contributed by atoms with Crippen molar-refractivity contribution >= 4 is 45.5 Å². The number of H-pyrrole nitrogens is 2. The van der Waals surface area contributed by atoms with Crippen molar-refractivity contribution in [1.82, 2.24) is 39.7 Å². The van der Waals surface area contributed by atoms with Crippen molar-refractivity contribution in [2.24, 2.45) is 0 Å². The van der Waals surface area contributed by atoms with Crippen LogP contribution in [0, 0.1) is 11.8 Å². The van der Waals surface area contributed by atoms with Gasteiger partial charge in [0.1, 0.15) is 23.0 Å². The van der Waals surface area contributed by atoms with Crippen LogP contribution in [0.15, 0.2) is 82.6 Å². The van der Waals surface area contributed by atoms with Crippen LogP contribution in [0.25, 0.3) is 22.3 Å². The minimum absolute atomic E-state index is 0.0486. The van der Waals surface area contributed by atoms with Crippen molar-refractivity contribution in [3.8, 4) is 23.1 Å². The summed E-state index contributed by atoms with van der Waals surface area (Å²) in [6, 6.07) is 13.6. The molecule has 12 heteroatoms. The first kappa shape index (κ1) is 29.1. The predicted octanol–water partition coefficient (Wildman–Crippen LogP) is 6.39. The standard InChI is InChI=1S/C35H28N8O2S2/c1-21-13-31(43(16-21)35(45)29-18-47-20-38-29)33-39-25-11-8-23(14-26(25)40-33)5-4-22-6-9-24(10-7-22)27-15-36-32(41-27)30-3-2-12-42(30)34(44)28-17-46-19-37-28/h6-11,14-15,17-20,30-31H,1-3,12-13,16H2,(H,36,41)(H,39,40)/t30-,31-/m0/s1. The minimum atomic E-state index is -0.217. The Kier molecular flexibility index (Phi) is 7.47. The highest BCUT2D eigenvalue weighted by Crippen LogP contribution is 2.35. The summed E-state index contributed by atoms with van der Waals surface area (Å²) in [5.74, 6) is 7.89. The van der Waals surface area contributed by atoms with E-state index in [2.05, 4.69) is 43.3 Å². The number of thiazole rings is 2. The van der Waals surface area contributed by atoms with Gasteiger partial charge in [-0.05, 0) is 55.2 Å². The van der Waals surface area contributed by atoms with Crippen LogP contribution in [0.5, 0.6) is 0 Å². The van der Waals surface area contributed by atoms with Crippen LogP contribution in [0.1, 0.15) is 75.1 Å². The van der Waals surface area contributed by atoms with Gasteiger partial charge in [0.15, 0.2) is 0 Å². The van der Waals surface area contributed by atoms with E-state index in [4.69, 9.17) is 4.98 Å². The topological polar surface area (TPSA) is 124 Å². The van der Waals surface area contributed by atoms with E-state index in [0.717, 1.165) is 63.5 Å². The van der Waals surface area contributed by atoms with Gasteiger partial charge in [-0.2, -0.15) is 0 Å². The summed E-state index contributed by atoms with van der Waals surface area (Å²) in [5, 5.41) is 3.56. The van der Waals surface area contributed by atoms with Gasteiger partial charge in [-0.1, -0.05) is 36.1 Å². The second-order valence-electron chi connectivity index (χ2n) is 11.7. The van der Waals surface area contributed by atoms with E-state index in [1.807, 2.05) is 53.6 Å². The summed E-state index contributed by atoms with van der Waals surface area (Å²) >= 11 is 2.83. The Hall–Kier alpha value is -5.38. The zero-order chi connectivity index (χ0) is 31.9. The first-order chi connectivity index (χ1) is 23.0. The molecule has 2 aromatic carbocycles. The second kappa shape index (κ2) is 12.1. The highest BCUT2D eigenvalue weighted by molar-refractivity contribution is 7.08. The number of benzene rings is 2. The fourth-order valence-electron chi connectivity index (χ4n) is 6.28. The van der Waals surface area contributed by atoms with Gasteiger partial charge in [-0.3, -0.25) is 9.59 Å². The molecule has 10 nitrogen and oxygen atoms in total. The third-order valence-corrected chi connectivity index (χ3v) is 9.78. The molecule has 0 radical (unpaired) electrons.